The number of sulfone groups is 1. The molecule has 0 saturated heterocycles. The second-order valence-electron chi connectivity index (χ2n) is 6.24. The third-order valence-electron chi connectivity index (χ3n) is 4.14. The Bertz CT molecular complexity index is 1010. The van der Waals surface area contributed by atoms with Gasteiger partial charge in [-0.1, -0.05) is 45.0 Å². The molecule has 5 heteroatoms. The van der Waals surface area contributed by atoms with E-state index in [2.05, 4.69) is 43.1 Å². The minimum absolute atomic E-state index is 0.0650. The number of aromatic nitrogens is 1. The molecule has 0 aliphatic heterocycles. The second kappa shape index (κ2) is 6.84. The molecular formula is C20H21NO3S. The highest BCUT2D eigenvalue weighted by Gasteiger charge is 2.14. The first-order valence-corrected chi connectivity index (χ1v) is 9.95. The van der Waals surface area contributed by atoms with Crippen LogP contribution >= 0.6 is 0 Å². The van der Waals surface area contributed by atoms with Crippen molar-refractivity contribution in [3.8, 4) is 0 Å². The van der Waals surface area contributed by atoms with Crippen LogP contribution in [0.15, 0.2) is 51.8 Å². The molecule has 0 fully saturated rings. The lowest BCUT2D eigenvalue weighted by molar-refractivity contribution is 0.589. The summed E-state index contributed by atoms with van der Waals surface area (Å²) in [6, 6.07) is 13.1. The van der Waals surface area contributed by atoms with Gasteiger partial charge in [0.05, 0.1) is 10.6 Å². The Morgan fingerprint density at radius 1 is 1.08 bits per heavy atom. The van der Waals surface area contributed by atoms with Crippen LogP contribution in [0.25, 0.3) is 23.3 Å². The molecule has 130 valence electrons. The summed E-state index contributed by atoms with van der Waals surface area (Å²) in [6.45, 7) is 5.95. The smallest absolute Gasteiger partial charge is 0.220 e. The van der Waals surface area contributed by atoms with Gasteiger partial charge in [-0.3, -0.25) is 0 Å². The van der Waals surface area contributed by atoms with Gasteiger partial charge >= 0.3 is 0 Å². The van der Waals surface area contributed by atoms with Crippen molar-refractivity contribution in [2.45, 2.75) is 31.6 Å². The number of oxazole rings is 1. The van der Waals surface area contributed by atoms with Gasteiger partial charge in [-0.05, 0) is 41.3 Å². The molecule has 3 aromatic rings. The van der Waals surface area contributed by atoms with Gasteiger partial charge in [0.15, 0.2) is 15.4 Å². The fourth-order valence-corrected chi connectivity index (χ4v) is 3.42. The van der Waals surface area contributed by atoms with Crippen LogP contribution in [0.3, 0.4) is 0 Å². The lowest BCUT2D eigenvalue weighted by Gasteiger charge is -2.04. The Labute approximate surface area is 148 Å². The molecule has 0 bridgehead atoms. The summed E-state index contributed by atoms with van der Waals surface area (Å²) in [5, 5.41) is 0. The average molecular weight is 355 g/mol. The first-order valence-electron chi connectivity index (χ1n) is 8.30. The van der Waals surface area contributed by atoms with Crippen LogP contribution in [-0.4, -0.2) is 19.2 Å². The summed E-state index contributed by atoms with van der Waals surface area (Å²) in [5.41, 5.74) is 3.47. The first-order chi connectivity index (χ1) is 11.9. The molecule has 0 spiro atoms. The van der Waals surface area contributed by atoms with Gasteiger partial charge < -0.3 is 4.42 Å². The summed E-state index contributed by atoms with van der Waals surface area (Å²) < 4.78 is 29.6. The molecule has 1 aromatic heterocycles. The molecule has 1 heterocycles. The summed E-state index contributed by atoms with van der Waals surface area (Å²) in [6.07, 6.45) is 3.72. The largest absolute Gasteiger partial charge is 0.437 e. The van der Waals surface area contributed by atoms with Gasteiger partial charge in [0.25, 0.3) is 0 Å². The van der Waals surface area contributed by atoms with E-state index in [1.165, 1.54) is 5.56 Å². The van der Waals surface area contributed by atoms with E-state index in [0.717, 1.165) is 5.56 Å². The Kier molecular flexibility index (Phi) is 4.77. The normalized spacial score (nSPS) is 12.5. The molecule has 0 atom stereocenters. The maximum atomic E-state index is 12.0. The molecule has 0 unspecified atom stereocenters. The van der Waals surface area contributed by atoms with Crippen molar-refractivity contribution in [2.75, 3.05) is 5.75 Å². The second-order valence-corrected chi connectivity index (χ2v) is 8.52. The minimum atomic E-state index is -3.25. The van der Waals surface area contributed by atoms with Crippen LogP contribution < -0.4 is 0 Å². The standard InChI is InChI=1S/C20H21NO3S/c1-4-25(22,23)17-10-11-19-18(13-17)21-20(24-19)12-7-15-5-8-16(9-6-15)14(2)3/h5-14H,4H2,1-3H3. The van der Waals surface area contributed by atoms with E-state index in [1.54, 1.807) is 31.2 Å². The minimum Gasteiger partial charge on any atom is -0.437 e. The number of hydrogen-bond acceptors (Lipinski definition) is 4. The summed E-state index contributed by atoms with van der Waals surface area (Å²) in [5.74, 6) is 1.02. The van der Waals surface area contributed by atoms with Crippen molar-refractivity contribution < 1.29 is 12.8 Å². The highest BCUT2D eigenvalue weighted by Crippen LogP contribution is 2.22. The quantitative estimate of drug-likeness (QED) is 0.652. The van der Waals surface area contributed by atoms with Crippen LogP contribution in [0.5, 0.6) is 0 Å². The summed E-state index contributed by atoms with van der Waals surface area (Å²) >= 11 is 0. The number of hydrogen-bond donors (Lipinski definition) is 0. The van der Waals surface area contributed by atoms with Gasteiger partial charge in [0.2, 0.25) is 5.89 Å². The summed E-state index contributed by atoms with van der Waals surface area (Å²) in [7, 11) is -3.25. The van der Waals surface area contributed by atoms with Crippen molar-refractivity contribution in [2.24, 2.45) is 0 Å². The van der Waals surface area contributed by atoms with Crippen molar-refractivity contribution in [3.05, 3.63) is 59.5 Å². The van der Waals surface area contributed by atoms with Crippen molar-refractivity contribution in [1.29, 1.82) is 0 Å². The maximum Gasteiger partial charge on any atom is 0.220 e. The predicted octanol–water partition coefficient (Wildman–Crippen LogP) is 4.92. The molecule has 0 radical (unpaired) electrons. The Hall–Kier alpha value is -2.40. The van der Waals surface area contributed by atoms with E-state index < -0.39 is 9.84 Å². The molecular weight excluding hydrogens is 334 g/mol. The lowest BCUT2D eigenvalue weighted by atomic mass is 10.0. The van der Waals surface area contributed by atoms with Gasteiger partial charge in [0, 0.05) is 6.08 Å². The highest BCUT2D eigenvalue weighted by molar-refractivity contribution is 7.91. The molecule has 0 N–H and O–H groups in total. The number of nitrogens with zero attached hydrogens (tertiary/aromatic N) is 1. The zero-order valence-electron chi connectivity index (χ0n) is 14.6. The lowest BCUT2D eigenvalue weighted by Crippen LogP contribution is -2.03. The third-order valence-corrected chi connectivity index (χ3v) is 5.87. The van der Waals surface area contributed by atoms with E-state index >= 15 is 0 Å². The van der Waals surface area contributed by atoms with Crippen molar-refractivity contribution in [3.63, 3.8) is 0 Å². The third kappa shape index (κ3) is 3.82. The molecule has 0 aliphatic rings. The average Bonchev–Trinajstić information content (AvgIpc) is 3.02. The maximum absolute atomic E-state index is 12.0. The molecule has 2 aromatic carbocycles. The van der Waals surface area contributed by atoms with Crippen LogP contribution in [0, 0.1) is 0 Å². The van der Waals surface area contributed by atoms with Gasteiger partial charge in [0.1, 0.15) is 5.52 Å². The SMILES string of the molecule is CCS(=O)(=O)c1ccc2oc(C=Cc3ccc(C(C)C)cc3)nc2c1. The fraction of sp³-hybridized carbons (Fsp3) is 0.250. The molecule has 0 amide bonds. The zero-order valence-corrected chi connectivity index (χ0v) is 15.4. The first kappa shape index (κ1) is 17.4. The molecule has 3 rings (SSSR count). The Balaban J connectivity index is 1.86. The fourth-order valence-electron chi connectivity index (χ4n) is 2.52. The predicted molar refractivity (Wildman–Crippen MR) is 101 cm³/mol. The molecule has 0 saturated carbocycles. The van der Waals surface area contributed by atoms with Gasteiger partial charge in [-0.2, -0.15) is 0 Å². The topological polar surface area (TPSA) is 60.2 Å². The van der Waals surface area contributed by atoms with Crippen LogP contribution in [-0.2, 0) is 9.84 Å². The highest BCUT2D eigenvalue weighted by atomic mass is 32.2. The Morgan fingerprint density at radius 2 is 1.80 bits per heavy atom. The van der Waals surface area contributed by atoms with E-state index in [-0.39, 0.29) is 10.6 Å². The molecule has 4 nitrogen and oxygen atoms in total. The molecule has 25 heavy (non-hydrogen) atoms. The van der Waals surface area contributed by atoms with Crippen molar-refractivity contribution in [1.82, 2.24) is 4.98 Å². The van der Waals surface area contributed by atoms with E-state index in [1.807, 2.05) is 6.08 Å². The molecule has 0 aliphatic carbocycles. The monoisotopic (exact) mass is 355 g/mol. The Morgan fingerprint density at radius 3 is 2.44 bits per heavy atom. The van der Waals surface area contributed by atoms with E-state index in [0.29, 0.717) is 22.9 Å². The van der Waals surface area contributed by atoms with Crippen molar-refractivity contribution >= 4 is 33.1 Å². The van der Waals surface area contributed by atoms with Crippen LogP contribution in [0.4, 0.5) is 0 Å². The van der Waals surface area contributed by atoms with E-state index in [9.17, 15) is 8.42 Å². The van der Waals surface area contributed by atoms with Gasteiger partial charge in [-0.25, -0.2) is 13.4 Å². The number of benzene rings is 2. The summed E-state index contributed by atoms with van der Waals surface area (Å²) in [4.78, 5) is 4.64. The number of rotatable bonds is 5. The van der Waals surface area contributed by atoms with E-state index in [4.69, 9.17) is 4.42 Å². The number of fused-ring (bicyclic) bond motifs is 1. The zero-order chi connectivity index (χ0) is 18.0. The van der Waals surface area contributed by atoms with Gasteiger partial charge in [-0.15, -0.1) is 0 Å². The van der Waals surface area contributed by atoms with Crippen LogP contribution in [0.1, 0.15) is 43.7 Å². The van der Waals surface area contributed by atoms with Crippen LogP contribution in [0.2, 0.25) is 0 Å².